The Bertz CT molecular complexity index is 1010. The third-order valence-electron chi connectivity index (χ3n) is 5.44. The van der Waals surface area contributed by atoms with Crippen LogP contribution in [0.25, 0.3) is 10.9 Å². The molecule has 0 bridgehead atoms. The molecule has 2 unspecified atom stereocenters. The molecule has 1 amide bonds. The molecule has 1 saturated heterocycles. The van der Waals surface area contributed by atoms with E-state index < -0.39 is 25.0 Å². The monoisotopic (exact) mass is 439 g/mol. The van der Waals surface area contributed by atoms with Gasteiger partial charge in [-0.05, 0) is 23.3 Å². The van der Waals surface area contributed by atoms with E-state index in [9.17, 15) is 22.4 Å². The van der Waals surface area contributed by atoms with Crippen LogP contribution in [0.3, 0.4) is 0 Å². The first kappa shape index (κ1) is 21.4. The van der Waals surface area contributed by atoms with Crippen molar-refractivity contribution in [2.45, 2.75) is 24.7 Å². The number of hydrazone groups is 1. The van der Waals surface area contributed by atoms with Crippen molar-refractivity contribution in [2.75, 3.05) is 33.0 Å². The normalized spacial score (nSPS) is 22.4. The standard InChI is InChI=1S/C20H21F4N5O2/c21-11-29-9-13(7-26-29)15-6-17(19(25)30)27-16-5-12(1-2-14(15)16)8-28-3-4-31-18(10-28)20(22,23)24/h1-2,5-7,13,18H,3-4,8-11H2,(H2,25,30). The predicted molar refractivity (Wildman–Crippen MR) is 105 cm³/mol. The lowest BCUT2D eigenvalue weighted by molar-refractivity contribution is -0.237. The minimum Gasteiger partial charge on any atom is -0.366 e. The molecule has 2 aliphatic rings. The highest BCUT2D eigenvalue weighted by Gasteiger charge is 2.43. The molecular formula is C20H21F4N5O2. The fraction of sp³-hybridized carbons (Fsp3) is 0.450. The Hall–Kier alpha value is -2.79. The number of rotatable bonds is 5. The average molecular weight is 439 g/mol. The summed E-state index contributed by atoms with van der Waals surface area (Å²) in [7, 11) is 0. The highest BCUT2D eigenvalue weighted by molar-refractivity contribution is 5.96. The van der Waals surface area contributed by atoms with Crippen LogP contribution in [-0.2, 0) is 11.3 Å². The lowest BCUT2D eigenvalue weighted by Gasteiger charge is -2.33. The van der Waals surface area contributed by atoms with Crippen molar-refractivity contribution in [1.29, 1.82) is 0 Å². The molecule has 1 fully saturated rings. The first-order chi connectivity index (χ1) is 14.7. The number of fused-ring (bicyclic) bond motifs is 1. The number of aromatic nitrogens is 1. The second-order valence-electron chi connectivity index (χ2n) is 7.63. The van der Waals surface area contributed by atoms with E-state index in [0.717, 1.165) is 16.5 Å². The molecule has 0 saturated carbocycles. The van der Waals surface area contributed by atoms with Gasteiger partial charge >= 0.3 is 6.18 Å². The van der Waals surface area contributed by atoms with Gasteiger partial charge in [0.05, 0.1) is 18.7 Å². The van der Waals surface area contributed by atoms with Crippen LogP contribution in [0.1, 0.15) is 27.5 Å². The Morgan fingerprint density at radius 1 is 1.26 bits per heavy atom. The molecule has 2 atom stereocenters. The molecule has 0 radical (unpaired) electrons. The van der Waals surface area contributed by atoms with Crippen molar-refractivity contribution < 1.29 is 27.1 Å². The number of primary amides is 1. The molecule has 1 aromatic heterocycles. The zero-order valence-corrected chi connectivity index (χ0v) is 16.5. The number of hydrogen-bond donors (Lipinski definition) is 1. The number of carbonyl (C=O) groups excluding carboxylic acids is 1. The van der Waals surface area contributed by atoms with Crippen molar-refractivity contribution in [3.63, 3.8) is 0 Å². The summed E-state index contributed by atoms with van der Waals surface area (Å²) < 4.78 is 56.7. The van der Waals surface area contributed by atoms with E-state index in [1.165, 1.54) is 5.01 Å². The third-order valence-corrected chi connectivity index (χ3v) is 5.44. The number of hydrogen-bond acceptors (Lipinski definition) is 6. The minimum absolute atomic E-state index is 0.00192. The quantitative estimate of drug-likeness (QED) is 0.572. The molecule has 0 aliphatic carbocycles. The fourth-order valence-corrected chi connectivity index (χ4v) is 3.89. The van der Waals surface area contributed by atoms with Gasteiger partial charge in [-0.3, -0.25) is 14.7 Å². The summed E-state index contributed by atoms with van der Waals surface area (Å²) in [4.78, 5) is 17.8. The van der Waals surface area contributed by atoms with Gasteiger partial charge < -0.3 is 10.5 Å². The van der Waals surface area contributed by atoms with Crippen molar-refractivity contribution in [1.82, 2.24) is 14.9 Å². The number of amides is 1. The Kier molecular flexibility index (Phi) is 5.80. The van der Waals surface area contributed by atoms with Crippen molar-refractivity contribution >= 4 is 23.0 Å². The summed E-state index contributed by atoms with van der Waals surface area (Å²) >= 11 is 0. The number of halogens is 4. The number of benzene rings is 1. The largest absolute Gasteiger partial charge is 0.415 e. The van der Waals surface area contributed by atoms with Gasteiger partial charge in [0.25, 0.3) is 5.91 Å². The van der Waals surface area contributed by atoms with Gasteiger partial charge in [0, 0.05) is 37.2 Å². The maximum atomic E-state index is 13.0. The van der Waals surface area contributed by atoms with Crippen LogP contribution in [0.5, 0.6) is 0 Å². The molecular weight excluding hydrogens is 418 g/mol. The first-order valence-corrected chi connectivity index (χ1v) is 9.73. The fourth-order valence-electron chi connectivity index (χ4n) is 3.89. The van der Waals surface area contributed by atoms with Crippen LogP contribution in [-0.4, -0.2) is 72.3 Å². The van der Waals surface area contributed by atoms with Gasteiger partial charge in [-0.2, -0.15) is 18.3 Å². The summed E-state index contributed by atoms with van der Waals surface area (Å²) in [6, 6.07) is 6.95. The SMILES string of the molecule is NC(=O)c1cc(C2C=NN(CF)C2)c2ccc(CN3CCOC(C(F)(F)F)C3)cc2n1. The van der Waals surface area contributed by atoms with E-state index in [1.807, 2.05) is 12.1 Å². The second-order valence-corrected chi connectivity index (χ2v) is 7.63. The van der Waals surface area contributed by atoms with Gasteiger partial charge in [-0.25, -0.2) is 9.37 Å². The number of morpholine rings is 1. The summed E-state index contributed by atoms with van der Waals surface area (Å²) in [6.45, 7) is 0.00707. The lowest BCUT2D eigenvalue weighted by Crippen LogP contribution is -2.48. The van der Waals surface area contributed by atoms with E-state index in [2.05, 4.69) is 10.1 Å². The second kappa shape index (κ2) is 8.39. The van der Waals surface area contributed by atoms with Gasteiger partial charge in [-0.15, -0.1) is 0 Å². The van der Waals surface area contributed by atoms with E-state index in [-0.39, 0.29) is 31.3 Å². The highest BCUT2D eigenvalue weighted by Crippen LogP contribution is 2.30. The number of nitrogens with zero attached hydrogens (tertiary/aromatic N) is 4. The van der Waals surface area contributed by atoms with Crippen LogP contribution in [0, 0.1) is 0 Å². The average Bonchev–Trinajstić information content (AvgIpc) is 3.21. The molecule has 4 rings (SSSR count). The number of ether oxygens (including phenoxy) is 1. The molecule has 3 heterocycles. The molecule has 2 N–H and O–H groups in total. The van der Waals surface area contributed by atoms with Gasteiger partial charge in [0.2, 0.25) is 0 Å². The highest BCUT2D eigenvalue weighted by atomic mass is 19.4. The summed E-state index contributed by atoms with van der Waals surface area (Å²) in [5.41, 5.74) is 7.49. The van der Waals surface area contributed by atoms with E-state index in [0.29, 0.717) is 18.6 Å². The molecule has 0 spiro atoms. The van der Waals surface area contributed by atoms with Crippen molar-refractivity contribution in [2.24, 2.45) is 10.8 Å². The molecule has 2 aromatic rings. The van der Waals surface area contributed by atoms with E-state index in [1.54, 1.807) is 23.2 Å². The molecule has 31 heavy (non-hydrogen) atoms. The van der Waals surface area contributed by atoms with E-state index >= 15 is 0 Å². The van der Waals surface area contributed by atoms with Crippen molar-refractivity contribution in [3.8, 4) is 0 Å². The Morgan fingerprint density at radius 3 is 2.74 bits per heavy atom. The molecule has 2 aliphatic heterocycles. The van der Waals surface area contributed by atoms with Crippen LogP contribution in [0.2, 0.25) is 0 Å². The molecule has 7 nitrogen and oxygen atoms in total. The first-order valence-electron chi connectivity index (χ1n) is 9.73. The van der Waals surface area contributed by atoms with Crippen LogP contribution in [0.15, 0.2) is 29.4 Å². The molecule has 166 valence electrons. The van der Waals surface area contributed by atoms with Crippen LogP contribution in [0.4, 0.5) is 17.6 Å². The Labute approximate surface area is 175 Å². The lowest BCUT2D eigenvalue weighted by atomic mass is 9.95. The van der Waals surface area contributed by atoms with Gasteiger partial charge in [0.1, 0.15) is 5.69 Å². The maximum absolute atomic E-state index is 13.0. The Balaban J connectivity index is 1.62. The molecule has 11 heteroatoms. The third kappa shape index (κ3) is 4.62. The number of carbonyl (C=O) groups is 1. The summed E-state index contributed by atoms with van der Waals surface area (Å²) in [5.74, 6) is -0.941. The summed E-state index contributed by atoms with van der Waals surface area (Å²) in [5, 5.41) is 6.02. The van der Waals surface area contributed by atoms with Crippen LogP contribution >= 0.6 is 0 Å². The number of nitrogens with two attached hydrogens (primary N) is 1. The smallest absolute Gasteiger partial charge is 0.366 e. The zero-order valence-electron chi connectivity index (χ0n) is 16.5. The number of pyridine rings is 1. The topological polar surface area (TPSA) is 84.1 Å². The van der Waals surface area contributed by atoms with Crippen molar-refractivity contribution in [3.05, 3.63) is 41.1 Å². The summed E-state index contributed by atoms with van der Waals surface area (Å²) in [6.07, 6.45) is -4.61. The van der Waals surface area contributed by atoms with E-state index in [4.69, 9.17) is 10.5 Å². The van der Waals surface area contributed by atoms with Gasteiger partial charge in [0.15, 0.2) is 12.9 Å². The zero-order chi connectivity index (χ0) is 22.2. The predicted octanol–water partition coefficient (Wildman–Crippen LogP) is 2.41. The minimum atomic E-state index is -4.41. The molecule has 1 aromatic carbocycles. The maximum Gasteiger partial charge on any atom is 0.415 e. The number of alkyl halides is 4. The van der Waals surface area contributed by atoms with Crippen LogP contribution < -0.4 is 5.73 Å². The Morgan fingerprint density at radius 2 is 2.06 bits per heavy atom. The van der Waals surface area contributed by atoms with Gasteiger partial charge in [-0.1, -0.05) is 12.1 Å².